The van der Waals surface area contributed by atoms with Gasteiger partial charge in [0.2, 0.25) is 5.95 Å². The first kappa shape index (κ1) is 20.4. The van der Waals surface area contributed by atoms with Crippen LogP contribution in [0.2, 0.25) is 0 Å². The average molecular weight is 479 g/mol. The van der Waals surface area contributed by atoms with Crippen LogP contribution in [0.25, 0.3) is 61.5 Å². The van der Waals surface area contributed by atoms with E-state index in [0.717, 1.165) is 22.8 Å². The fourth-order valence-corrected chi connectivity index (χ4v) is 5.90. The number of para-hydroxylation sites is 2. The Kier molecular flexibility index (Phi) is 4.17. The summed E-state index contributed by atoms with van der Waals surface area (Å²) in [4.78, 5) is 18.1. The van der Waals surface area contributed by atoms with Gasteiger partial charge in [-0.3, -0.25) is 4.57 Å². The zero-order valence-electron chi connectivity index (χ0n) is 20.2. The molecule has 0 fully saturated rings. The number of aromatic nitrogens is 6. The fraction of sp³-hybridized carbons (Fsp3) is 0.0968. The van der Waals surface area contributed by atoms with Gasteiger partial charge >= 0.3 is 0 Å². The number of hydrogen-bond acceptors (Lipinski definition) is 4. The van der Waals surface area contributed by atoms with Crippen molar-refractivity contribution in [3.8, 4) is 11.6 Å². The molecule has 1 aliphatic rings. The zero-order chi connectivity index (χ0) is 24.5. The Hall–Kier alpha value is -4.84. The first-order chi connectivity index (χ1) is 18.3. The predicted octanol–water partition coefficient (Wildman–Crippen LogP) is 6.98. The molecule has 7 aromatic rings. The summed E-state index contributed by atoms with van der Waals surface area (Å²) in [5, 5.41) is 4.41. The van der Waals surface area contributed by atoms with E-state index >= 15 is 0 Å². The fourth-order valence-electron chi connectivity index (χ4n) is 5.90. The molecule has 8 rings (SSSR count). The molecule has 0 saturated carbocycles. The van der Waals surface area contributed by atoms with Gasteiger partial charge in [-0.25, -0.2) is 15.0 Å². The molecular weight excluding hydrogens is 456 g/mol. The van der Waals surface area contributed by atoms with Crippen LogP contribution in [0.4, 0.5) is 0 Å². The molecule has 1 atom stereocenters. The van der Waals surface area contributed by atoms with Crippen LogP contribution in [0.15, 0.2) is 91.5 Å². The van der Waals surface area contributed by atoms with Crippen LogP contribution in [0, 0.1) is 0 Å². The van der Waals surface area contributed by atoms with Gasteiger partial charge in [-0.2, -0.15) is 4.98 Å². The van der Waals surface area contributed by atoms with Crippen molar-refractivity contribution in [3.63, 3.8) is 0 Å². The van der Waals surface area contributed by atoms with E-state index in [4.69, 9.17) is 9.97 Å². The van der Waals surface area contributed by atoms with Crippen molar-refractivity contribution in [2.75, 3.05) is 0 Å². The molecular formula is C31H22N6. The van der Waals surface area contributed by atoms with Crippen molar-refractivity contribution >= 4 is 49.8 Å². The molecule has 0 spiro atoms. The minimum Gasteiger partial charge on any atom is -0.313 e. The summed E-state index contributed by atoms with van der Waals surface area (Å²) in [6.45, 7) is 2.32. The molecule has 3 aromatic carbocycles. The quantitative estimate of drug-likeness (QED) is 0.269. The molecule has 0 amide bonds. The van der Waals surface area contributed by atoms with Crippen molar-refractivity contribution in [2.45, 2.75) is 19.3 Å². The molecule has 0 aliphatic heterocycles. The Bertz CT molecular complexity index is 2030. The molecule has 1 unspecified atom stereocenters. The Morgan fingerprint density at radius 2 is 1.59 bits per heavy atom. The van der Waals surface area contributed by atoms with Crippen LogP contribution in [-0.2, 0) is 0 Å². The van der Waals surface area contributed by atoms with Gasteiger partial charge in [0.1, 0.15) is 6.33 Å². The number of allylic oxidation sites excluding steroid dienone is 1. The third-order valence-corrected chi connectivity index (χ3v) is 7.54. The van der Waals surface area contributed by atoms with E-state index in [1.54, 1.807) is 12.4 Å². The van der Waals surface area contributed by atoms with E-state index in [1.807, 2.05) is 0 Å². The van der Waals surface area contributed by atoms with Crippen LogP contribution in [0.5, 0.6) is 0 Å². The molecule has 176 valence electrons. The summed E-state index contributed by atoms with van der Waals surface area (Å²) in [5.74, 6) is 1.03. The highest BCUT2D eigenvalue weighted by Gasteiger charge is 2.25. The lowest BCUT2D eigenvalue weighted by Gasteiger charge is -2.19. The molecule has 0 N–H and O–H groups in total. The highest BCUT2D eigenvalue weighted by molar-refractivity contribution is 6.14. The summed E-state index contributed by atoms with van der Waals surface area (Å²) < 4.78 is 4.61. The van der Waals surface area contributed by atoms with Crippen molar-refractivity contribution < 1.29 is 0 Å². The number of rotatable bonds is 2. The van der Waals surface area contributed by atoms with Crippen molar-refractivity contribution in [1.82, 2.24) is 29.1 Å². The second-order valence-corrected chi connectivity index (χ2v) is 9.72. The average Bonchev–Trinajstić information content (AvgIpc) is 3.45. The van der Waals surface area contributed by atoms with Crippen LogP contribution in [0.3, 0.4) is 0 Å². The largest absolute Gasteiger partial charge is 0.313 e. The normalized spacial score (nSPS) is 15.2. The Morgan fingerprint density at radius 3 is 2.51 bits per heavy atom. The van der Waals surface area contributed by atoms with Crippen LogP contribution >= 0.6 is 0 Å². The SMILES string of the molecule is CC1CC=Cc2c1n(-c1ccccc1)c1cc3c4ccccc4n(-c4ncc5cncnc5n4)c3cc21. The second-order valence-electron chi connectivity index (χ2n) is 9.72. The number of fused-ring (bicyclic) bond motifs is 7. The standard InChI is InChI=1S/C31H22N6/c1-19-8-7-12-23-25-15-28-24(14-27(25)36(29(19)23)21-9-3-2-4-10-21)22-11-5-6-13-26(22)37(28)31-33-17-20-16-32-18-34-30(20)35-31/h2-7,9-19H,8H2,1H3. The molecule has 6 heteroatoms. The summed E-state index contributed by atoms with van der Waals surface area (Å²) in [6, 6.07) is 23.8. The molecule has 0 saturated heterocycles. The van der Waals surface area contributed by atoms with Crippen molar-refractivity contribution in [1.29, 1.82) is 0 Å². The van der Waals surface area contributed by atoms with Crippen LogP contribution < -0.4 is 0 Å². The Labute approximate surface area is 212 Å². The summed E-state index contributed by atoms with van der Waals surface area (Å²) in [6.07, 6.45) is 10.7. The van der Waals surface area contributed by atoms with Crippen molar-refractivity contribution in [2.24, 2.45) is 0 Å². The maximum Gasteiger partial charge on any atom is 0.236 e. The van der Waals surface area contributed by atoms with Gasteiger partial charge in [-0.15, -0.1) is 0 Å². The number of hydrogen-bond donors (Lipinski definition) is 0. The lowest BCUT2D eigenvalue weighted by Crippen LogP contribution is -2.06. The monoisotopic (exact) mass is 478 g/mol. The molecule has 37 heavy (non-hydrogen) atoms. The first-order valence-electron chi connectivity index (χ1n) is 12.5. The smallest absolute Gasteiger partial charge is 0.236 e. The zero-order valence-corrected chi connectivity index (χ0v) is 20.2. The maximum atomic E-state index is 4.83. The van der Waals surface area contributed by atoms with E-state index < -0.39 is 0 Å². The summed E-state index contributed by atoms with van der Waals surface area (Å²) in [5.41, 5.74) is 7.86. The summed E-state index contributed by atoms with van der Waals surface area (Å²) >= 11 is 0. The molecule has 1 aliphatic carbocycles. The van der Waals surface area contributed by atoms with E-state index in [2.05, 4.69) is 105 Å². The van der Waals surface area contributed by atoms with Crippen LogP contribution in [0.1, 0.15) is 30.5 Å². The van der Waals surface area contributed by atoms with E-state index in [-0.39, 0.29) is 0 Å². The van der Waals surface area contributed by atoms with Gasteiger partial charge in [-0.05, 0) is 36.8 Å². The highest BCUT2D eigenvalue weighted by Crippen LogP contribution is 2.42. The highest BCUT2D eigenvalue weighted by atomic mass is 15.2. The van der Waals surface area contributed by atoms with Gasteiger partial charge in [-0.1, -0.05) is 55.5 Å². The van der Waals surface area contributed by atoms with E-state index in [0.29, 0.717) is 17.5 Å². The topological polar surface area (TPSA) is 61.4 Å². The lowest BCUT2D eigenvalue weighted by atomic mass is 9.93. The van der Waals surface area contributed by atoms with Crippen LogP contribution in [-0.4, -0.2) is 29.1 Å². The molecule has 4 aromatic heterocycles. The van der Waals surface area contributed by atoms with Gasteiger partial charge in [0.05, 0.1) is 21.9 Å². The van der Waals surface area contributed by atoms with Crippen molar-refractivity contribution in [3.05, 3.63) is 103 Å². The molecule has 4 heterocycles. The minimum absolute atomic E-state index is 0.425. The Balaban J connectivity index is 1.52. The Morgan fingerprint density at radius 1 is 0.784 bits per heavy atom. The van der Waals surface area contributed by atoms with Gasteiger partial charge in [0, 0.05) is 51.4 Å². The second kappa shape index (κ2) is 7.58. The number of benzene rings is 3. The molecule has 0 radical (unpaired) electrons. The third kappa shape index (κ3) is 2.87. The summed E-state index contributed by atoms with van der Waals surface area (Å²) in [7, 11) is 0. The van der Waals surface area contributed by atoms with Gasteiger partial charge in [0.15, 0.2) is 5.65 Å². The van der Waals surface area contributed by atoms with E-state index in [9.17, 15) is 0 Å². The lowest BCUT2D eigenvalue weighted by molar-refractivity contribution is 0.723. The molecule has 0 bridgehead atoms. The predicted molar refractivity (Wildman–Crippen MR) is 148 cm³/mol. The first-order valence-corrected chi connectivity index (χ1v) is 12.5. The number of nitrogens with zero attached hydrogens (tertiary/aromatic N) is 6. The third-order valence-electron chi connectivity index (χ3n) is 7.54. The van der Waals surface area contributed by atoms with Gasteiger partial charge in [0.25, 0.3) is 0 Å². The molecule has 6 nitrogen and oxygen atoms in total. The van der Waals surface area contributed by atoms with E-state index in [1.165, 1.54) is 44.9 Å². The van der Waals surface area contributed by atoms with Gasteiger partial charge < -0.3 is 4.57 Å². The maximum absolute atomic E-state index is 4.83. The minimum atomic E-state index is 0.425.